The smallest absolute Gasteiger partial charge is 0.225 e. The molecule has 1 aromatic heterocycles. The number of fused-ring (bicyclic) bond motifs is 1. The van der Waals surface area contributed by atoms with Crippen LogP contribution in [0, 0.1) is 11.8 Å². The summed E-state index contributed by atoms with van der Waals surface area (Å²) >= 11 is 0. The van der Waals surface area contributed by atoms with E-state index in [0.717, 1.165) is 51.6 Å². The van der Waals surface area contributed by atoms with E-state index in [1.807, 2.05) is 11.0 Å². The van der Waals surface area contributed by atoms with E-state index in [0.29, 0.717) is 24.2 Å². The van der Waals surface area contributed by atoms with Gasteiger partial charge in [0.1, 0.15) is 0 Å². The predicted octanol–water partition coefficient (Wildman–Crippen LogP) is 0.940. The monoisotopic (exact) mass is 302 g/mol. The fourth-order valence-electron chi connectivity index (χ4n) is 3.95. The molecule has 3 atom stereocenters. The summed E-state index contributed by atoms with van der Waals surface area (Å²) in [6, 6.07) is 1.83. The number of rotatable bonds is 3. The van der Waals surface area contributed by atoms with Gasteiger partial charge in [-0.25, -0.2) is 9.97 Å². The van der Waals surface area contributed by atoms with Crippen LogP contribution < -0.4 is 4.90 Å². The average Bonchev–Trinajstić information content (AvgIpc) is 3.26. The quantitative estimate of drug-likeness (QED) is 0.832. The number of carbonyl (C=O) groups is 1. The number of amides is 1. The van der Waals surface area contributed by atoms with Crippen LogP contribution in [0.15, 0.2) is 18.5 Å². The molecule has 6 nitrogen and oxygen atoms in total. The van der Waals surface area contributed by atoms with E-state index >= 15 is 0 Å². The maximum atomic E-state index is 12.4. The third-order valence-corrected chi connectivity index (χ3v) is 5.17. The second-order valence-electron chi connectivity index (χ2n) is 6.54. The van der Waals surface area contributed by atoms with Gasteiger partial charge in [-0.2, -0.15) is 0 Å². The van der Waals surface area contributed by atoms with Gasteiger partial charge in [-0.1, -0.05) is 0 Å². The van der Waals surface area contributed by atoms with Crippen molar-refractivity contribution in [3.8, 4) is 0 Å². The molecule has 4 heterocycles. The molecule has 0 unspecified atom stereocenters. The molecule has 6 heteroatoms. The summed E-state index contributed by atoms with van der Waals surface area (Å²) in [6.45, 7) is 4.32. The van der Waals surface area contributed by atoms with Crippen LogP contribution in [0.4, 0.5) is 5.95 Å². The van der Waals surface area contributed by atoms with Gasteiger partial charge in [0, 0.05) is 50.9 Å². The van der Waals surface area contributed by atoms with E-state index in [1.165, 1.54) is 0 Å². The van der Waals surface area contributed by atoms with Gasteiger partial charge in [0.15, 0.2) is 0 Å². The van der Waals surface area contributed by atoms with Crippen molar-refractivity contribution in [2.45, 2.75) is 25.4 Å². The molecule has 0 aromatic carbocycles. The Morgan fingerprint density at radius 1 is 1.23 bits per heavy atom. The molecular formula is C16H22N4O2. The number of aromatic nitrogens is 2. The lowest BCUT2D eigenvalue weighted by Gasteiger charge is -2.21. The number of hydrogen-bond donors (Lipinski definition) is 0. The summed E-state index contributed by atoms with van der Waals surface area (Å²) in [5.74, 6) is 1.84. The Labute approximate surface area is 130 Å². The first kappa shape index (κ1) is 13.9. The lowest BCUT2D eigenvalue weighted by Crippen LogP contribution is -2.32. The van der Waals surface area contributed by atoms with E-state index in [9.17, 15) is 4.79 Å². The Kier molecular flexibility index (Phi) is 3.70. The van der Waals surface area contributed by atoms with E-state index in [2.05, 4.69) is 14.9 Å². The fourth-order valence-corrected chi connectivity index (χ4v) is 3.95. The van der Waals surface area contributed by atoms with E-state index in [1.54, 1.807) is 12.4 Å². The third-order valence-electron chi connectivity index (χ3n) is 5.17. The SMILES string of the molecule is O=C(C[C@@H]1CO[C@H]2CN(c3ncccn3)C[C@@H]12)N1CCCC1. The van der Waals surface area contributed by atoms with Crippen LogP contribution in [0.5, 0.6) is 0 Å². The minimum Gasteiger partial charge on any atom is -0.376 e. The second kappa shape index (κ2) is 5.83. The highest BCUT2D eigenvalue weighted by Gasteiger charge is 2.45. The summed E-state index contributed by atoms with van der Waals surface area (Å²) in [7, 11) is 0. The van der Waals surface area contributed by atoms with Crippen molar-refractivity contribution in [1.82, 2.24) is 14.9 Å². The van der Waals surface area contributed by atoms with Gasteiger partial charge < -0.3 is 14.5 Å². The molecule has 0 bridgehead atoms. The minimum absolute atomic E-state index is 0.222. The molecule has 0 N–H and O–H groups in total. The van der Waals surface area contributed by atoms with Gasteiger partial charge in [0.2, 0.25) is 11.9 Å². The molecule has 0 radical (unpaired) electrons. The lowest BCUT2D eigenvalue weighted by atomic mass is 9.90. The largest absolute Gasteiger partial charge is 0.376 e. The molecule has 0 aliphatic carbocycles. The van der Waals surface area contributed by atoms with Gasteiger partial charge >= 0.3 is 0 Å². The van der Waals surface area contributed by atoms with E-state index in [4.69, 9.17) is 4.74 Å². The second-order valence-corrected chi connectivity index (χ2v) is 6.54. The maximum absolute atomic E-state index is 12.4. The minimum atomic E-state index is 0.222. The van der Waals surface area contributed by atoms with Crippen molar-refractivity contribution in [3.05, 3.63) is 18.5 Å². The predicted molar refractivity (Wildman–Crippen MR) is 81.4 cm³/mol. The van der Waals surface area contributed by atoms with Crippen LogP contribution in [-0.2, 0) is 9.53 Å². The Bertz CT molecular complexity index is 532. The van der Waals surface area contributed by atoms with Gasteiger partial charge in [-0.15, -0.1) is 0 Å². The van der Waals surface area contributed by atoms with Crippen molar-refractivity contribution in [2.75, 3.05) is 37.7 Å². The molecule has 1 aromatic rings. The molecule has 4 rings (SSSR count). The highest BCUT2D eigenvalue weighted by Crippen LogP contribution is 2.36. The van der Waals surface area contributed by atoms with Crippen LogP contribution in [0.2, 0.25) is 0 Å². The molecule has 0 saturated carbocycles. The first-order chi connectivity index (χ1) is 10.8. The molecule has 3 fully saturated rings. The third kappa shape index (κ3) is 2.56. The summed E-state index contributed by atoms with van der Waals surface area (Å²) in [5.41, 5.74) is 0. The van der Waals surface area contributed by atoms with E-state index in [-0.39, 0.29) is 6.10 Å². The normalized spacial score (nSPS) is 30.8. The number of anilines is 1. The van der Waals surface area contributed by atoms with Crippen molar-refractivity contribution >= 4 is 11.9 Å². The molecule has 118 valence electrons. The molecule has 3 aliphatic heterocycles. The van der Waals surface area contributed by atoms with Crippen molar-refractivity contribution < 1.29 is 9.53 Å². The molecule has 22 heavy (non-hydrogen) atoms. The zero-order valence-corrected chi connectivity index (χ0v) is 12.7. The molecule has 1 amide bonds. The number of ether oxygens (including phenoxy) is 1. The topological polar surface area (TPSA) is 58.6 Å². The average molecular weight is 302 g/mol. The summed E-state index contributed by atoms with van der Waals surface area (Å²) in [6.07, 6.45) is 6.69. The Hall–Kier alpha value is -1.69. The number of carbonyl (C=O) groups excluding carboxylic acids is 1. The number of nitrogens with zero attached hydrogens (tertiary/aromatic N) is 4. The van der Waals surface area contributed by atoms with Crippen LogP contribution in [0.25, 0.3) is 0 Å². The first-order valence-corrected chi connectivity index (χ1v) is 8.22. The maximum Gasteiger partial charge on any atom is 0.225 e. The zero-order valence-electron chi connectivity index (χ0n) is 12.7. The van der Waals surface area contributed by atoms with Crippen molar-refractivity contribution in [2.24, 2.45) is 11.8 Å². The fraction of sp³-hybridized carbons (Fsp3) is 0.688. The van der Waals surface area contributed by atoms with Crippen LogP contribution in [-0.4, -0.2) is 59.7 Å². The lowest BCUT2D eigenvalue weighted by molar-refractivity contribution is -0.131. The first-order valence-electron chi connectivity index (χ1n) is 8.22. The standard InChI is InChI=1S/C16H22N4O2/c21-15(19-6-1-2-7-19)8-12-11-22-14-10-20(9-13(12)14)16-17-4-3-5-18-16/h3-5,12-14H,1-2,6-11H2/t12-,13+,14+/m1/s1. The van der Waals surface area contributed by atoms with Crippen molar-refractivity contribution in [1.29, 1.82) is 0 Å². The zero-order chi connectivity index (χ0) is 14.9. The highest BCUT2D eigenvalue weighted by molar-refractivity contribution is 5.76. The van der Waals surface area contributed by atoms with Crippen LogP contribution in [0.1, 0.15) is 19.3 Å². The van der Waals surface area contributed by atoms with E-state index < -0.39 is 0 Å². The van der Waals surface area contributed by atoms with Crippen LogP contribution >= 0.6 is 0 Å². The molecular weight excluding hydrogens is 280 g/mol. The Morgan fingerprint density at radius 2 is 2.00 bits per heavy atom. The number of likely N-dealkylation sites (tertiary alicyclic amines) is 1. The van der Waals surface area contributed by atoms with Gasteiger partial charge in [0.25, 0.3) is 0 Å². The molecule has 3 saturated heterocycles. The molecule has 0 spiro atoms. The van der Waals surface area contributed by atoms with Gasteiger partial charge in [-0.3, -0.25) is 4.79 Å². The Morgan fingerprint density at radius 3 is 2.77 bits per heavy atom. The summed E-state index contributed by atoms with van der Waals surface area (Å²) in [4.78, 5) is 25.2. The summed E-state index contributed by atoms with van der Waals surface area (Å²) in [5, 5.41) is 0. The molecule has 3 aliphatic rings. The van der Waals surface area contributed by atoms with Gasteiger partial charge in [0.05, 0.1) is 12.7 Å². The van der Waals surface area contributed by atoms with Gasteiger partial charge in [-0.05, 0) is 24.8 Å². The highest BCUT2D eigenvalue weighted by atomic mass is 16.5. The Balaban J connectivity index is 1.39. The number of hydrogen-bond acceptors (Lipinski definition) is 5. The van der Waals surface area contributed by atoms with Crippen LogP contribution in [0.3, 0.4) is 0 Å². The summed E-state index contributed by atoms with van der Waals surface area (Å²) < 4.78 is 5.94. The van der Waals surface area contributed by atoms with Crippen molar-refractivity contribution in [3.63, 3.8) is 0 Å².